The summed E-state index contributed by atoms with van der Waals surface area (Å²) in [5, 5.41) is 11.8. The summed E-state index contributed by atoms with van der Waals surface area (Å²) in [5.41, 5.74) is 7.15. The first-order valence-electron chi connectivity index (χ1n) is 5.98. The summed E-state index contributed by atoms with van der Waals surface area (Å²) in [6.07, 6.45) is 0. The zero-order valence-electron chi connectivity index (χ0n) is 10.4. The molecule has 5 nitrogen and oxygen atoms in total. The van der Waals surface area contributed by atoms with Crippen molar-refractivity contribution in [2.75, 3.05) is 0 Å². The van der Waals surface area contributed by atoms with Crippen LogP contribution in [0.1, 0.15) is 27.4 Å². The van der Waals surface area contributed by atoms with Gasteiger partial charge in [-0.25, -0.2) is 0 Å². The monoisotopic (exact) mass is 260 g/mol. The molecule has 2 aromatic rings. The summed E-state index contributed by atoms with van der Waals surface area (Å²) in [7, 11) is 0. The molecule has 0 atom stereocenters. The van der Waals surface area contributed by atoms with Crippen LogP contribution in [0.5, 0.6) is 0 Å². The Balaban J connectivity index is 1.96. The van der Waals surface area contributed by atoms with Crippen LogP contribution in [-0.2, 0) is 19.7 Å². The van der Waals surface area contributed by atoms with Crippen molar-refractivity contribution in [1.82, 2.24) is 5.32 Å². The van der Waals surface area contributed by atoms with Crippen LogP contribution < -0.4 is 11.1 Å². The van der Waals surface area contributed by atoms with Gasteiger partial charge in [0.05, 0.1) is 13.2 Å². The maximum absolute atomic E-state index is 11.8. The average molecular weight is 260 g/mol. The van der Waals surface area contributed by atoms with Gasteiger partial charge in [-0.05, 0) is 23.3 Å². The first-order chi connectivity index (χ1) is 9.22. The van der Waals surface area contributed by atoms with Gasteiger partial charge >= 0.3 is 0 Å². The molecule has 0 saturated carbocycles. The highest BCUT2D eigenvalue weighted by molar-refractivity contribution is 5.91. The summed E-state index contributed by atoms with van der Waals surface area (Å²) in [6, 6.07) is 10.7. The van der Waals surface area contributed by atoms with Crippen molar-refractivity contribution in [3.05, 3.63) is 59.0 Å². The molecule has 0 aliphatic carbocycles. The van der Waals surface area contributed by atoms with Crippen LogP contribution in [0.4, 0.5) is 0 Å². The number of carbonyl (C=O) groups excluding carboxylic acids is 1. The topological polar surface area (TPSA) is 88.5 Å². The number of carbonyl (C=O) groups is 1. The summed E-state index contributed by atoms with van der Waals surface area (Å²) in [4.78, 5) is 11.8. The molecule has 2 rings (SSSR count). The SMILES string of the molecule is NCc1ccc(C(=O)NCc2cccc(CO)c2)o1. The number of aliphatic hydroxyl groups excluding tert-OH is 1. The highest BCUT2D eigenvalue weighted by Crippen LogP contribution is 2.08. The number of benzene rings is 1. The molecule has 1 aromatic heterocycles. The molecule has 0 aliphatic heterocycles. The Labute approximate surface area is 111 Å². The molecule has 0 unspecified atom stereocenters. The fourth-order valence-electron chi connectivity index (χ4n) is 1.72. The zero-order chi connectivity index (χ0) is 13.7. The molecule has 1 heterocycles. The third-order valence-corrected chi connectivity index (χ3v) is 2.71. The smallest absolute Gasteiger partial charge is 0.287 e. The lowest BCUT2D eigenvalue weighted by Crippen LogP contribution is -2.22. The van der Waals surface area contributed by atoms with Crippen LogP contribution >= 0.6 is 0 Å². The summed E-state index contributed by atoms with van der Waals surface area (Å²) >= 11 is 0. The molecule has 0 bridgehead atoms. The van der Waals surface area contributed by atoms with Gasteiger partial charge in [-0.3, -0.25) is 4.79 Å². The van der Waals surface area contributed by atoms with Gasteiger partial charge in [-0.15, -0.1) is 0 Å². The lowest BCUT2D eigenvalue weighted by Gasteiger charge is -2.05. The predicted molar refractivity (Wildman–Crippen MR) is 70.1 cm³/mol. The number of nitrogens with one attached hydrogen (secondary N) is 1. The van der Waals surface area contributed by atoms with Gasteiger partial charge in [0.25, 0.3) is 5.91 Å². The van der Waals surface area contributed by atoms with Crippen molar-refractivity contribution >= 4 is 5.91 Å². The van der Waals surface area contributed by atoms with E-state index in [1.54, 1.807) is 12.1 Å². The van der Waals surface area contributed by atoms with Gasteiger partial charge in [-0.2, -0.15) is 0 Å². The van der Waals surface area contributed by atoms with E-state index in [0.717, 1.165) is 11.1 Å². The minimum atomic E-state index is -0.283. The molecule has 0 aliphatic rings. The zero-order valence-corrected chi connectivity index (χ0v) is 10.4. The molecule has 19 heavy (non-hydrogen) atoms. The van der Waals surface area contributed by atoms with E-state index in [9.17, 15) is 4.79 Å². The normalized spacial score (nSPS) is 10.4. The Morgan fingerprint density at radius 2 is 2.05 bits per heavy atom. The average Bonchev–Trinajstić information content (AvgIpc) is 2.94. The van der Waals surface area contributed by atoms with Crippen molar-refractivity contribution < 1.29 is 14.3 Å². The van der Waals surface area contributed by atoms with Gasteiger partial charge in [0.15, 0.2) is 5.76 Å². The van der Waals surface area contributed by atoms with E-state index in [-0.39, 0.29) is 24.8 Å². The van der Waals surface area contributed by atoms with Crippen LogP contribution in [-0.4, -0.2) is 11.0 Å². The third-order valence-electron chi connectivity index (χ3n) is 2.71. The van der Waals surface area contributed by atoms with E-state index >= 15 is 0 Å². The van der Waals surface area contributed by atoms with E-state index in [0.29, 0.717) is 12.3 Å². The second-order valence-corrected chi connectivity index (χ2v) is 4.13. The Kier molecular flexibility index (Phi) is 4.33. The van der Waals surface area contributed by atoms with E-state index in [4.69, 9.17) is 15.3 Å². The summed E-state index contributed by atoms with van der Waals surface area (Å²) < 4.78 is 5.25. The van der Waals surface area contributed by atoms with E-state index in [1.807, 2.05) is 24.3 Å². The number of aliphatic hydroxyl groups is 1. The second kappa shape index (κ2) is 6.17. The van der Waals surface area contributed by atoms with E-state index in [1.165, 1.54) is 0 Å². The minimum absolute atomic E-state index is 0.0141. The van der Waals surface area contributed by atoms with Crippen molar-refractivity contribution in [3.63, 3.8) is 0 Å². The molecular weight excluding hydrogens is 244 g/mol. The first-order valence-corrected chi connectivity index (χ1v) is 5.98. The molecule has 1 amide bonds. The van der Waals surface area contributed by atoms with Gasteiger partial charge in [-0.1, -0.05) is 24.3 Å². The third kappa shape index (κ3) is 3.43. The highest BCUT2D eigenvalue weighted by Gasteiger charge is 2.10. The number of furan rings is 1. The molecule has 5 heteroatoms. The van der Waals surface area contributed by atoms with Gasteiger partial charge in [0, 0.05) is 6.54 Å². The molecule has 0 saturated heterocycles. The van der Waals surface area contributed by atoms with E-state index in [2.05, 4.69) is 5.32 Å². The van der Waals surface area contributed by atoms with Crippen LogP contribution in [0, 0.1) is 0 Å². The molecule has 100 valence electrons. The summed E-state index contributed by atoms with van der Waals surface area (Å²) in [6.45, 7) is 0.636. The molecule has 4 N–H and O–H groups in total. The Bertz CT molecular complexity index is 563. The Morgan fingerprint density at radius 3 is 2.74 bits per heavy atom. The lowest BCUT2D eigenvalue weighted by atomic mass is 10.1. The lowest BCUT2D eigenvalue weighted by molar-refractivity contribution is 0.0921. The standard InChI is InChI=1S/C14H16N2O3/c15-7-12-4-5-13(19-12)14(18)16-8-10-2-1-3-11(6-10)9-17/h1-6,17H,7-9,15H2,(H,16,18). The van der Waals surface area contributed by atoms with Crippen molar-refractivity contribution in [2.45, 2.75) is 19.7 Å². The van der Waals surface area contributed by atoms with Crippen molar-refractivity contribution in [3.8, 4) is 0 Å². The van der Waals surface area contributed by atoms with Crippen LogP contribution in [0.15, 0.2) is 40.8 Å². The fourth-order valence-corrected chi connectivity index (χ4v) is 1.72. The number of hydrogen-bond donors (Lipinski definition) is 3. The highest BCUT2D eigenvalue weighted by atomic mass is 16.4. The van der Waals surface area contributed by atoms with Gasteiger partial charge < -0.3 is 20.6 Å². The van der Waals surface area contributed by atoms with Crippen molar-refractivity contribution in [1.29, 1.82) is 0 Å². The predicted octanol–water partition coefficient (Wildman–Crippen LogP) is 1.16. The van der Waals surface area contributed by atoms with Gasteiger partial charge in [0.1, 0.15) is 5.76 Å². The largest absolute Gasteiger partial charge is 0.455 e. The molecule has 1 aromatic carbocycles. The number of hydrogen-bond acceptors (Lipinski definition) is 4. The van der Waals surface area contributed by atoms with E-state index < -0.39 is 0 Å². The Hall–Kier alpha value is -2.11. The number of nitrogens with two attached hydrogens (primary N) is 1. The molecule has 0 spiro atoms. The van der Waals surface area contributed by atoms with Gasteiger partial charge in [0.2, 0.25) is 0 Å². The maximum atomic E-state index is 11.8. The van der Waals surface area contributed by atoms with Crippen LogP contribution in [0.2, 0.25) is 0 Å². The van der Waals surface area contributed by atoms with Crippen LogP contribution in [0.25, 0.3) is 0 Å². The molecule has 0 fully saturated rings. The maximum Gasteiger partial charge on any atom is 0.287 e. The fraction of sp³-hybridized carbons (Fsp3) is 0.214. The number of rotatable bonds is 5. The Morgan fingerprint density at radius 1 is 1.26 bits per heavy atom. The molecule has 0 radical (unpaired) electrons. The number of amides is 1. The van der Waals surface area contributed by atoms with Crippen molar-refractivity contribution in [2.24, 2.45) is 5.73 Å². The first kappa shape index (κ1) is 13.3. The minimum Gasteiger partial charge on any atom is -0.455 e. The van der Waals surface area contributed by atoms with Crippen LogP contribution in [0.3, 0.4) is 0 Å². The second-order valence-electron chi connectivity index (χ2n) is 4.13. The molecular formula is C14H16N2O3. The quantitative estimate of drug-likeness (QED) is 0.752. The summed E-state index contributed by atoms with van der Waals surface area (Å²) in [5.74, 6) is 0.542.